The first-order valence-corrected chi connectivity index (χ1v) is 11.8. The summed E-state index contributed by atoms with van der Waals surface area (Å²) in [5, 5.41) is 0. The van der Waals surface area contributed by atoms with Crippen LogP contribution in [0.4, 0.5) is 0 Å². The van der Waals surface area contributed by atoms with E-state index in [2.05, 4.69) is 43.0 Å². The van der Waals surface area contributed by atoms with Gasteiger partial charge in [0.1, 0.15) is 0 Å². The van der Waals surface area contributed by atoms with Gasteiger partial charge in [0.15, 0.2) is 5.78 Å². The van der Waals surface area contributed by atoms with Crippen molar-refractivity contribution in [3.8, 4) is 0 Å². The molecule has 0 aromatic heterocycles. The van der Waals surface area contributed by atoms with Gasteiger partial charge in [0.05, 0.1) is 12.4 Å². The highest BCUT2D eigenvalue weighted by atomic mass is 16.5. The van der Waals surface area contributed by atoms with Crippen molar-refractivity contribution in [3.05, 3.63) is 59.9 Å². The molecule has 0 radical (unpaired) electrons. The van der Waals surface area contributed by atoms with Crippen LogP contribution in [0.5, 0.6) is 0 Å². The van der Waals surface area contributed by atoms with Crippen LogP contribution in [0.1, 0.15) is 82.6 Å². The van der Waals surface area contributed by atoms with Crippen LogP contribution in [0.2, 0.25) is 0 Å². The van der Waals surface area contributed by atoms with E-state index in [1.807, 2.05) is 0 Å². The lowest BCUT2D eigenvalue weighted by Gasteiger charge is -2.28. The van der Waals surface area contributed by atoms with E-state index < -0.39 is 0 Å². The fourth-order valence-electron chi connectivity index (χ4n) is 5.42. The molecule has 0 N–H and O–H groups in total. The summed E-state index contributed by atoms with van der Waals surface area (Å²) in [5.41, 5.74) is 2.33. The molecule has 0 amide bonds. The molecule has 2 saturated carbocycles. The number of hydrogen-bond acceptors (Lipinski definition) is 2. The molecule has 156 valence electrons. The average Bonchev–Trinajstić information content (AvgIpc) is 3.55. The van der Waals surface area contributed by atoms with Gasteiger partial charge in [-0.2, -0.15) is 0 Å². The number of allylic oxidation sites excluding steroid dienone is 3. The van der Waals surface area contributed by atoms with Crippen LogP contribution in [0.3, 0.4) is 0 Å². The van der Waals surface area contributed by atoms with Crippen molar-refractivity contribution in [3.63, 3.8) is 0 Å². The Morgan fingerprint density at radius 3 is 2.62 bits per heavy atom. The molecule has 2 atom stereocenters. The maximum atomic E-state index is 12.6. The summed E-state index contributed by atoms with van der Waals surface area (Å²) in [5.74, 6) is 3.02. The Balaban J connectivity index is 1.20. The van der Waals surface area contributed by atoms with E-state index in [-0.39, 0.29) is 11.2 Å². The van der Waals surface area contributed by atoms with E-state index in [0.717, 1.165) is 36.7 Å². The molecule has 2 heteroatoms. The summed E-state index contributed by atoms with van der Waals surface area (Å²) in [4.78, 5) is 12.6. The normalized spacial score (nSPS) is 25.3. The number of ether oxygens (including phenoxy) is 1. The summed E-state index contributed by atoms with van der Waals surface area (Å²) in [6.45, 7) is 4.79. The maximum Gasteiger partial charge on any atom is 0.158 e. The maximum absolute atomic E-state index is 12.6. The van der Waals surface area contributed by atoms with E-state index in [1.165, 1.54) is 62.7 Å². The fourth-order valence-corrected chi connectivity index (χ4v) is 5.42. The number of carbonyl (C=O) groups excluding carboxylic acids is 1. The minimum absolute atomic E-state index is 0.173. The van der Waals surface area contributed by atoms with Crippen molar-refractivity contribution >= 4 is 5.78 Å². The zero-order chi connectivity index (χ0) is 20.1. The van der Waals surface area contributed by atoms with Crippen LogP contribution in [-0.4, -0.2) is 12.4 Å². The third-order valence-corrected chi connectivity index (χ3v) is 7.39. The Morgan fingerprint density at radius 2 is 1.83 bits per heavy atom. The van der Waals surface area contributed by atoms with E-state index in [9.17, 15) is 4.79 Å². The molecule has 2 fully saturated rings. The molecule has 1 aromatic rings. The Morgan fingerprint density at radius 1 is 1.07 bits per heavy atom. The first-order chi connectivity index (χ1) is 14.2. The fraction of sp³-hybridized carbons (Fsp3) is 0.593. The minimum atomic E-state index is 0.173. The van der Waals surface area contributed by atoms with Crippen molar-refractivity contribution in [2.24, 2.45) is 11.8 Å². The summed E-state index contributed by atoms with van der Waals surface area (Å²) in [7, 11) is 0. The monoisotopic (exact) mass is 392 g/mol. The molecule has 2 unspecified atom stereocenters. The molecule has 3 aliphatic rings. The van der Waals surface area contributed by atoms with Gasteiger partial charge in [-0.3, -0.25) is 4.79 Å². The van der Waals surface area contributed by atoms with Crippen LogP contribution in [-0.2, 0) is 14.9 Å². The van der Waals surface area contributed by atoms with E-state index in [4.69, 9.17) is 4.74 Å². The topological polar surface area (TPSA) is 26.3 Å². The van der Waals surface area contributed by atoms with Gasteiger partial charge < -0.3 is 4.74 Å². The summed E-state index contributed by atoms with van der Waals surface area (Å²) in [6, 6.07) is 10.6. The molecule has 0 bridgehead atoms. The van der Waals surface area contributed by atoms with Crippen LogP contribution in [0.25, 0.3) is 0 Å². The second-order valence-corrected chi connectivity index (χ2v) is 9.54. The van der Waals surface area contributed by atoms with Gasteiger partial charge >= 0.3 is 0 Å². The van der Waals surface area contributed by atoms with Crippen molar-refractivity contribution in [2.45, 2.75) is 82.5 Å². The molecule has 1 aromatic carbocycles. The Labute approximate surface area is 176 Å². The molecule has 0 aliphatic heterocycles. The predicted molar refractivity (Wildman–Crippen MR) is 119 cm³/mol. The van der Waals surface area contributed by atoms with Crippen molar-refractivity contribution in [2.75, 3.05) is 6.61 Å². The molecule has 0 spiro atoms. The van der Waals surface area contributed by atoms with Gasteiger partial charge in [-0.1, -0.05) is 49.8 Å². The largest absolute Gasteiger partial charge is 0.498 e. The first-order valence-electron chi connectivity index (χ1n) is 11.8. The van der Waals surface area contributed by atoms with Crippen molar-refractivity contribution in [1.82, 2.24) is 0 Å². The number of benzene rings is 1. The second-order valence-electron chi connectivity index (χ2n) is 9.54. The molecule has 4 rings (SSSR count). The van der Waals surface area contributed by atoms with Gasteiger partial charge in [0, 0.05) is 12.8 Å². The lowest BCUT2D eigenvalue weighted by molar-refractivity contribution is -0.116. The second kappa shape index (κ2) is 9.32. The van der Waals surface area contributed by atoms with Gasteiger partial charge in [-0.25, -0.2) is 0 Å². The Bertz CT molecular complexity index is 741. The van der Waals surface area contributed by atoms with E-state index in [1.54, 1.807) is 0 Å². The van der Waals surface area contributed by atoms with E-state index in [0.29, 0.717) is 13.0 Å². The van der Waals surface area contributed by atoms with Crippen LogP contribution < -0.4 is 0 Å². The number of carbonyl (C=O) groups is 1. The molecule has 3 aliphatic carbocycles. The van der Waals surface area contributed by atoms with Crippen LogP contribution >= 0.6 is 0 Å². The minimum Gasteiger partial charge on any atom is -0.498 e. The number of fused-ring (bicyclic) bond motifs is 1. The quantitative estimate of drug-likeness (QED) is 0.337. The number of hydrogen-bond donors (Lipinski definition) is 0. The van der Waals surface area contributed by atoms with E-state index >= 15 is 0 Å². The Hall–Kier alpha value is -1.83. The zero-order valence-corrected chi connectivity index (χ0v) is 17.8. The number of rotatable bonds is 9. The third-order valence-electron chi connectivity index (χ3n) is 7.39. The summed E-state index contributed by atoms with van der Waals surface area (Å²) in [6.07, 6.45) is 16.1. The molecule has 2 nitrogen and oxygen atoms in total. The zero-order valence-electron chi connectivity index (χ0n) is 17.8. The van der Waals surface area contributed by atoms with Crippen molar-refractivity contribution in [1.29, 1.82) is 0 Å². The Kier molecular flexibility index (Phi) is 6.57. The number of Topliss-reactive ketones (excluding diaryl/α,β-unsaturated/α-hetero) is 1. The molecular formula is C27H36O2. The molecule has 0 saturated heterocycles. The van der Waals surface area contributed by atoms with Crippen LogP contribution in [0.15, 0.2) is 54.3 Å². The molecule has 29 heavy (non-hydrogen) atoms. The highest BCUT2D eigenvalue weighted by Gasteiger charge is 2.44. The standard InChI is InChI=1S/C27H36O2/c1-21(20-27(16-17-27)24-12-3-2-4-13-24)26(28)15-8-18-29-25-14-7-11-22-9-5-6-10-23(22)19-25/h2-4,12-13,19,22-23H,1,5-11,14-18,20H2. The summed E-state index contributed by atoms with van der Waals surface area (Å²) < 4.78 is 6.10. The SMILES string of the molecule is C=C(CC1(c2ccccc2)CC1)C(=O)CCCOC1=CC2CCCCC2CCC1. The lowest BCUT2D eigenvalue weighted by atomic mass is 9.78. The van der Waals surface area contributed by atoms with Gasteiger partial charge in [-0.05, 0) is 85.8 Å². The average molecular weight is 393 g/mol. The number of ketones is 1. The molecule has 0 heterocycles. The van der Waals surface area contributed by atoms with Gasteiger partial charge in [0.2, 0.25) is 0 Å². The third kappa shape index (κ3) is 5.21. The highest BCUT2D eigenvalue weighted by molar-refractivity contribution is 5.95. The van der Waals surface area contributed by atoms with Crippen LogP contribution in [0, 0.1) is 11.8 Å². The highest BCUT2D eigenvalue weighted by Crippen LogP contribution is 2.52. The van der Waals surface area contributed by atoms with Gasteiger partial charge in [-0.15, -0.1) is 0 Å². The smallest absolute Gasteiger partial charge is 0.158 e. The first kappa shape index (κ1) is 20.4. The predicted octanol–water partition coefficient (Wildman–Crippen LogP) is 6.90. The lowest BCUT2D eigenvalue weighted by Crippen LogP contribution is -2.16. The molecular weight excluding hydrogens is 356 g/mol. The van der Waals surface area contributed by atoms with Gasteiger partial charge in [0.25, 0.3) is 0 Å². The summed E-state index contributed by atoms with van der Waals surface area (Å²) >= 11 is 0. The van der Waals surface area contributed by atoms with Crippen molar-refractivity contribution < 1.29 is 9.53 Å².